The van der Waals surface area contributed by atoms with Crippen LogP contribution in [0.5, 0.6) is 11.5 Å². The van der Waals surface area contributed by atoms with Crippen molar-refractivity contribution in [1.82, 2.24) is 0 Å². The average Bonchev–Trinajstić information content (AvgIpc) is 2.55. The molecule has 4 rings (SSSR count). The van der Waals surface area contributed by atoms with E-state index in [2.05, 4.69) is 4.90 Å². The number of aromatic hydroxyl groups is 1. The number of hydrogen-bond acceptors (Lipinski definition) is 5. The van der Waals surface area contributed by atoms with Gasteiger partial charge in [0, 0.05) is 37.0 Å². The van der Waals surface area contributed by atoms with Crippen molar-refractivity contribution in [2.24, 2.45) is 0 Å². The SMILES string of the molecule is [O]c1ccc2c(=O)c3c(O)cc(N4CCOCC4)cc3oc2c1. The van der Waals surface area contributed by atoms with Gasteiger partial charge in [-0.3, -0.25) is 9.90 Å². The van der Waals surface area contributed by atoms with E-state index in [1.165, 1.54) is 18.2 Å². The number of ether oxygens (including phenoxy) is 1. The molecule has 117 valence electrons. The molecule has 0 amide bonds. The molecule has 23 heavy (non-hydrogen) atoms. The van der Waals surface area contributed by atoms with Crippen LogP contribution in [-0.4, -0.2) is 31.4 Å². The van der Waals surface area contributed by atoms with Gasteiger partial charge in [0.2, 0.25) is 5.43 Å². The molecule has 6 nitrogen and oxygen atoms in total. The molecule has 0 saturated carbocycles. The summed E-state index contributed by atoms with van der Waals surface area (Å²) in [7, 11) is 0. The Bertz CT molecular complexity index is 956. The Hall–Kier alpha value is -2.73. The first-order valence-electron chi connectivity index (χ1n) is 7.37. The summed E-state index contributed by atoms with van der Waals surface area (Å²) >= 11 is 0. The van der Waals surface area contributed by atoms with Gasteiger partial charge in [-0.1, -0.05) is 0 Å². The van der Waals surface area contributed by atoms with Crippen LogP contribution >= 0.6 is 0 Å². The topological polar surface area (TPSA) is 82.8 Å². The van der Waals surface area contributed by atoms with Crippen LogP contribution in [0.2, 0.25) is 0 Å². The van der Waals surface area contributed by atoms with Crippen LogP contribution in [0.3, 0.4) is 0 Å². The molecule has 0 spiro atoms. The lowest BCUT2D eigenvalue weighted by Crippen LogP contribution is -2.36. The summed E-state index contributed by atoms with van der Waals surface area (Å²) in [5.41, 5.74) is 0.925. The van der Waals surface area contributed by atoms with Crippen LogP contribution in [0.1, 0.15) is 0 Å². The Morgan fingerprint density at radius 2 is 1.83 bits per heavy atom. The summed E-state index contributed by atoms with van der Waals surface area (Å²) in [6, 6.07) is 7.31. The van der Waals surface area contributed by atoms with Gasteiger partial charge in [-0.15, -0.1) is 0 Å². The van der Waals surface area contributed by atoms with E-state index in [0.717, 1.165) is 5.69 Å². The van der Waals surface area contributed by atoms with Crippen LogP contribution in [0, 0.1) is 0 Å². The third-order valence-corrected chi connectivity index (χ3v) is 4.09. The first kappa shape index (κ1) is 13.9. The van der Waals surface area contributed by atoms with Crippen molar-refractivity contribution >= 4 is 27.6 Å². The Kier molecular flexibility index (Phi) is 3.12. The third-order valence-electron chi connectivity index (χ3n) is 4.09. The minimum Gasteiger partial charge on any atom is -0.507 e. The van der Waals surface area contributed by atoms with Gasteiger partial charge in [-0.2, -0.15) is 0 Å². The van der Waals surface area contributed by atoms with Crippen LogP contribution in [0.25, 0.3) is 21.9 Å². The predicted octanol–water partition coefficient (Wildman–Crippen LogP) is 2.63. The lowest BCUT2D eigenvalue weighted by molar-refractivity contribution is 0.122. The molecular weight excluding hydrogens is 298 g/mol. The van der Waals surface area contributed by atoms with Crippen molar-refractivity contribution in [3.63, 3.8) is 0 Å². The fourth-order valence-electron chi connectivity index (χ4n) is 2.93. The summed E-state index contributed by atoms with van der Waals surface area (Å²) in [5.74, 6) is -0.348. The highest BCUT2D eigenvalue weighted by molar-refractivity contribution is 5.95. The van der Waals surface area contributed by atoms with E-state index in [4.69, 9.17) is 9.15 Å². The Morgan fingerprint density at radius 1 is 1.04 bits per heavy atom. The number of morpholine rings is 1. The van der Waals surface area contributed by atoms with Gasteiger partial charge in [0.1, 0.15) is 22.3 Å². The van der Waals surface area contributed by atoms with Crippen molar-refractivity contribution in [3.8, 4) is 11.5 Å². The average molecular weight is 312 g/mol. The van der Waals surface area contributed by atoms with E-state index in [1.54, 1.807) is 12.1 Å². The summed E-state index contributed by atoms with van der Waals surface area (Å²) in [6.07, 6.45) is 0. The van der Waals surface area contributed by atoms with E-state index < -0.39 is 0 Å². The molecule has 6 heteroatoms. The van der Waals surface area contributed by atoms with E-state index in [9.17, 15) is 15.0 Å². The molecule has 1 fully saturated rings. The molecule has 0 atom stereocenters. The van der Waals surface area contributed by atoms with Gasteiger partial charge in [0.25, 0.3) is 0 Å². The molecule has 0 bridgehead atoms. The maximum absolute atomic E-state index is 12.6. The molecule has 1 aromatic heterocycles. The maximum atomic E-state index is 12.6. The van der Waals surface area contributed by atoms with Gasteiger partial charge in [-0.05, 0) is 12.1 Å². The molecule has 1 saturated heterocycles. The number of rotatable bonds is 1. The number of hydrogen-bond donors (Lipinski definition) is 1. The summed E-state index contributed by atoms with van der Waals surface area (Å²) in [4.78, 5) is 14.6. The van der Waals surface area contributed by atoms with Gasteiger partial charge in [0.15, 0.2) is 5.75 Å². The molecule has 0 aliphatic carbocycles. The zero-order valence-corrected chi connectivity index (χ0v) is 12.2. The maximum Gasteiger partial charge on any atom is 0.204 e. The lowest BCUT2D eigenvalue weighted by Gasteiger charge is -2.29. The number of benzene rings is 2. The molecule has 1 aliphatic rings. The van der Waals surface area contributed by atoms with Gasteiger partial charge < -0.3 is 19.2 Å². The van der Waals surface area contributed by atoms with Crippen LogP contribution in [0.4, 0.5) is 5.69 Å². The highest BCUT2D eigenvalue weighted by Gasteiger charge is 2.17. The molecule has 1 aliphatic heterocycles. The van der Waals surface area contributed by atoms with E-state index in [1.807, 2.05) is 0 Å². The van der Waals surface area contributed by atoms with Crippen LogP contribution < -0.4 is 10.3 Å². The second-order valence-corrected chi connectivity index (χ2v) is 5.53. The summed E-state index contributed by atoms with van der Waals surface area (Å²) in [6.45, 7) is 2.63. The smallest absolute Gasteiger partial charge is 0.204 e. The van der Waals surface area contributed by atoms with Crippen molar-refractivity contribution < 1.29 is 19.4 Å². The number of fused-ring (bicyclic) bond motifs is 2. The minimum absolute atomic E-state index is 0.120. The highest BCUT2D eigenvalue weighted by atomic mass is 16.5. The fourth-order valence-corrected chi connectivity index (χ4v) is 2.93. The quantitative estimate of drug-likeness (QED) is 0.698. The first-order valence-corrected chi connectivity index (χ1v) is 7.37. The summed E-state index contributed by atoms with van der Waals surface area (Å²) in [5, 5.41) is 22.2. The molecule has 2 aromatic carbocycles. The molecule has 0 unspecified atom stereocenters. The van der Waals surface area contributed by atoms with Gasteiger partial charge >= 0.3 is 0 Å². The van der Waals surface area contributed by atoms with Crippen LogP contribution in [0.15, 0.2) is 39.5 Å². The Balaban J connectivity index is 1.97. The van der Waals surface area contributed by atoms with Crippen molar-refractivity contribution in [2.45, 2.75) is 0 Å². The lowest BCUT2D eigenvalue weighted by atomic mass is 10.1. The van der Waals surface area contributed by atoms with Gasteiger partial charge in [0.05, 0.1) is 18.6 Å². The highest BCUT2D eigenvalue weighted by Crippen LogP contribution is 2.32. The van der Waals surface area contributed by atoms with E-state index in [0.29, 0.717) is 26.3 Å². The van der Waals surface area contributed by atoms with E-state index in [-0.39, 0.29) is 38.9 Å². The molecule has 2 heterocycles. The second-order valence-electron chi connectivity index (χ2n) is 5.53. The van der Waals surface area contributed by atoms with E-state index >= 15 is 0 Å². The molecule has 1 N–H and O–H groups in total. The molecule has 1 radical (unpaired) electrons. The minimum atomic E-state index is -0.340. The van der Waals surface area contributed by atoms with Crippen molar-refractivity contribution in [2.75, 3.05) is 31.2 Å². The predicted molar refractivity (Wildman–Crippen MR) is 84.8 cm³/mol. The normalized spacial score (nSPS) is 15.4. The number of nitrogens with zero attached hydrogens (tertiary/aromatic N) is 1. The molecular formula is C17H14NO5. The van der Waals surface area contributed by atoms with Gasteiger partial charge in [-0.25, -0.2) is 0 Å². The largest absolute Gasteiger partial charge is 0.507 e. The monoisotopic (exact) mass is 312 g/mol. The number of phenolic OH excluding ortho intramolecular Hbond substituents is 1. The zero-order chi connectivity index (χ0) is 16.0. The number of anilines is 1. The first-order chi connectivity index (χ1) is 11.1. The Labute approximate surface area is 131 Å². The standard InChI is InChI=1S/C17H14NO5/c19-11-1-2-12-14(9-11)23-15-8-10(18-3-5-22-6-4-18)7-13(20)16(15)17(12)21/h1-2,7-9,20H,3-6H2. The van der Waals surface area contributed by atoms with Crippen LogP contribution in [-0.2, 0) is 9.84 Å². The fraction of sp³-hybridized carbons (Fsp3) is 0.235. The summed E-state index contributed by atoms with van der Waals surface area (Å²) < 4.78 is 11.0. The second kappa shape index (κ2) is 5.17. The number of phenols is 1. The third kappa shape index (κ3) is 2.27. The Morgan fingerprint density at radius 3 is 2.61 bits per heavy atom. The van der Waals surface area contributed by atoms with Crippen molar-refractivity contribution in [3.05, 3.63) is 40.6 Å². The zero-order valence-electron chi connectivity index (χ0n) is 12.2. The van der Waals surface area contributed by atoms with Crippen molar-refractivity contribution in [1.29, 1.82) is 0 Å². The molecule has 3 aromatic rings.